The molecular formula is C19H24N2. The summed E-state index contributed by atoms with van der Waals surface area (Å²) < 4.78 is 0. The van der Waals surface area contributed by atoms with Gasteiger partial charge in [-0.25, -0.2) is 0 Å². The third kappa shape index (κ3) is 4.42. The Bertz CT molecular complexity index is 474. The highest BCUT2D eigenvalue weighted by molar-refractivity contribution is 5.16. The molecule has 1 saturated heterocycles. The van der Waals surface area contributed by atoms with Crippen molar-refractivity contribution in [2.75, 3.05) is 26.2 Å². The maximum Gasteiger partial charge on any atom is 0.0234 e. The molecule has 1 aliphatic heterocycles. The maximum atomic E-state index is 3.59. The van der Waals surface area contributed by atoms with Crippen LogP contribution < -0.4 is 5.32 Å². The molecule has 110 valence electrons. The van der Waals surface area contributed by atoms with E-state index in [9.17, 15) is 0 Å². The summed E-state index contributed by atoms with van der Waals surface area (Å²) in [7, 11) is 0. The van der Waals surface area contributed by atoms with Crippen LogP contribution in [0.3, 0.4) is 0 Å². The minimum absolute atomic E-state index is 0.693. The van der Waals surface area contributed by atoms with Crippen molar-refractivity contribution in [1.29, 1.82) is 0 Å². The molecule has 0 amide bonds. The zero-order chi connectivity index (χ0) is 14.3. The van der Waals surface area contributed by atoms with Gasteiger partial charge in [0.2, 0.25) is 0 Å². The van der Waals surface area contributed by atoms with Crippen molar-refractivity contribution >= 4 is 0 Å². The van der Waals surface area contributed by atoms with Gasteiger partial charge in [0.05, 0.1) is 0 Å². The second kappa shape index (κ2) is 7.39. The van der Waals surface area contributed by atoms with E-state index in [0.29, 0.717) is 5.92 Å². The van der Waals surface area contributed by atoms with Gasteiger partial charge in [0.15, 0.2) is 0 Å². The van der Waals surface area contributed by atoms with Gasteiger partial charge in [-0.2, -0.15) is 0 Å². The number of rotatable bonds is 4. The van der Waals surface area contributed by atoms with Crippen LogP contribution in [0.1, 0.15) is 11.1 Å². The van der Waals surface area contributed by atoms with E-state index in [1.807, 2.05) is 0 Å². The fraction of sp³-hybridized carbons (Fsp3) is 0.368. The summed E-state index contributed by atoms with van der Waals surface area (Å²) in [5.74, 6) is 0.693. The molecule has 2 heteroatoms. The summed E-state index contributed by atoms with van der Waals surface area (Å²) >= 11 is 0. The van der Waals surface area contributed by atoms with Crippen LogP contribution in [0, 0.1) is 5.92 Å². The van der Waals surface area contributed by atoms with Crippen LogP contribution in [0.4, 0.5) is 0 Å². The fourth-order valence-corrected chi connectivity index (χ4v) is 3.13. The first-order valence-corrected chi connectivity index (χ1v) is 7.91. The van der Waals surface area contributed by atoms with Crippen molar-refractivity contribution in [1.82, 2.24) is 10.2 Å². The molecule has 1 N–H and O–H groups in total. The van der Waals surface area contributed by atoms with E-state index in [-0.39, 0.29) is 0 Å². The molecule has 0 saturated carbocycles. The number of benzene rings is 2. The summed E-state index contributed by atoms with van der Waals surface area (Å²) in [5, 5.41) is 3.59. The highest BCUT2D eigenvalue weighted by Gasteiger charge is 2.18. The van der Waals surface area contributed by atoms with Gasteiger partial charge in [-0.15, -0.1) is 0 Å². The molecule has 1 aliphatic rings. The average molecular weight is 280 g/mol. The summed E-state index contributed by atoms with van der Waals surface area (Å²) in [6.07, 6.45) is 1.17. The molecule has 3 rings (SSSR count). The Morgan fingerprint density at radius 2 is 1.57 bits per heavy atom. The van der Waals surface area contributed by atoms with Crippen LogP contribution in [-0.4, -0.2) is 31.1 Å². The molecule has 1 heterocycles. The second-order valence-corrected chi connectivity index (χ2v) is 5.98. The Labute approximate surface area is 127 Å². The van der Waals surface area contributed by atoms with Crippen molar-refractivity contribution in [2.45, 2.75) is 13.0 Å². The van der Waals surface area contributed by atoms with Gasteiger partial charge in [-0.1, -0.05) is 60.7 Å². The summed E-state index contributed by atoms with van der Waals surface area (Å²) in [6.45, 7) is 5.60. The maximum absolute atomic E-state index is 3.59. The van der Waals surface area contributed by atoms with E-state index in [1.165, 1.54) is 24.1 Å². The van der Waals surface area contributed by atoms with Gasteiger partial charge in [0.1, 0.15) is 0 Å². The normalized spacial score (nSPS) is 20.1. The quantitative estimate of drug-likeness (QED) is 0.926. The zero-order valence-electron chi connectivity index (χ0n) is 12.5. The first-order valence-electron chi connectivity index (χ1n) is 7.91. The molecule has 1 fully saturated rings. The lowest BCUT2D eigenvalue weighted by Gasteiger charge is -2.24. The monoisotopic (exact) mass is 280 g/mol. The highest BCUT2D eigenvalue weighted by atomic mass is 15.2. The van der Waals surface area contributed by atoms with Gasteiger partial charge >= 0.3 is 0 Å². The van der Waals surface area contributed by atoms with Gasteiger partial charge in [0.25, 0.3) is 0 Å². The largest absolute Gasteiger partial charge is 0.315 e. The number of hydrogen-bond donors (Lipinski definition) is 1. The Kier molecular flexibility index (Phi) is 5.03. The van der Waals surface area contributed by atoms with Crippen LogP contribution >= 0.6 is 0 Å². The van der Waals surface area contributed by atoms with E-state index >= 15 is 0 Å². The number of nitrogens with one attached hydrogen (secondary N) is 1. The Morgan fingerprint density at radius 1 is 0.905 bits per heavy atom. The zero-order valence-corrected chi connectivity index (χ0v) is 12.5. The predicted octanol–water partition coefficient (Wildman–Crippen LogP) is 2.95. The molecule has 2 nitrogen and oxygen atoms in total. The highest BCUT2D eigenvalue weighted by Crippen LogP contribution is 2.14. The molecule has 21 heavy (non-hydrogen) atoms. The molecule has 2 aromatic rings. The van der Waals surface area contributed by atoms with E-state index in [4.69, 9.17) is 0 Å². The molecule has 1 unspecified atom stereocenters. The number of hydrogen-bond acceptors (Lipinski definition) is 2. The lowest BCUT2D eigenvalue weighted by atomic mass is 9.99. The summed E-state index contributed by atoms with van der Waals surface area (Å²) in [4.78, 5) is 2.59. The molecule has 0 bridgehead atoms. The Balaban J connectivity index is 1.61. The van der Waals surface area contributed by atoms with Crippen molar-refractivity contribution in [2.24, 2.45) is 5.92 Å². The molecule has 0 radical (unpaired) electrons. The second-order valence-electron chi connectivity index (χ2n) is 5.98. The van der Waals surface area contributed by atoms with Crippen molar-refractivity contribution < 1.29 is 0 Å². The van der Waals surface area contributed by atoms with E-state index in [0.717, 1.165) is 26.2 Å². The van der Waals surface area contributed by atoms with Crippen LogP contribution in [0.5, 0.6) is 0 Å². The predicted molar refractivity (Wildman–Crippen MR) is 88.2 cm³/mol. The third-order valence-electron chi connectivity index (χ3n) is 4.17. The van der Waals surface area contributed by atoms with Crippen molar-refractivity contribution in [3.63, 3.8) is 0 Å². The fourth-order valence-electron chi connectivity index (χ4n) is 3.13. The van der Waals surface area contributed by atoms with Crippen molar-refractivity contribution in [3.05, 3.63) is 71.8 Å². The van der Waals surface area contributed by atoms with Gasteiger partial charge in [-0.05, 0) is 30.0 Å². The molecule has 0 aliphatic carbocycles. The molecule has 1 atom stereocenters. The lowest BCUT2D eigenvalue weighted by molar-refractivity contribution is 0.249. The standard InChI is InChI=1S/C19H24N2/c1-3-7-17(8-4-1)13-19-14-20-11-12-21(16-19)15-18-9-5-2-6-10-18/h1-10,19-20H,11-16H2. The molecule has 2 aromatic carbocycles. The SMILES string of the molecule is c1ccc(CC2CNCCN(Cc3ccccc3)C2)cc1. The van der Waals surface area contributed by atoms with Gasteiger partial charge in [-0.3, -0.25) is 4.90 Å². The van der Waals surface area contributed by atoms with Crippen LogP contribution in [0.25, 0.3) is 0 Å². The molecule has 0 aromatic heterocycles. The Hall–Kier alpha value is -1.64. The Morgan fingerprint density at radius 3 is 2.29 bits per heavy atom. The lowest BCUT2D eigenvalue weighted by Crippen LogP contribution is -2.30. The number of nitrogens with zero attached hydrogens (tertiary/aromatic N) is 1. The minimum atomic E-state index is 0.693. The topological polar surface area (TPSA) is 15.3 Å². The molecular weight excluding hydrogens is 256 g/mol. The van der Waals surface area contributed by atoms with E-state index in [2.05, 4.69) is 70.9 Å². The first-order chi connectivity index (χ1) is 10.4. The van der Waals surface area contributed by atoms with E-state index < -0.39 is 0 Å². The average Bonchev–Trinajstić information content (AvgIpc) is 2.74. The van der Waals surface area contributed by atoms with Gasteiger partial charge in [0, 0.05) is 26.2 Å². The van der Waals surface area contributed by atoms with Gasteiger partial charge < -0.3 is 5.32 Å². The minimum Gasteiger partial charge on any atom is -0.315 e. The summed E-state index contributed by atoms with van der Waals surface area (Å²) in [5.41, 5.74) is 2.86. The van der Waals surface area contributed by atoms with Crippen molar-refractivity contribution in [3.8, 4) is 0 Å². The smallest absolute Gasteiger partial charge is 0.0234 e. The summed E-state index contributed by atoms with van der Waals surface area (Å²) in [6, 6.07) is 21.7. The van der Waals surface area contributed by atoms with Crippen LogP contribution in [-0.2, 0) is 13.0 Å². The molecule has 0 spiro atoms. The third-order valence-corrected chi connectivity index (χ3v) is 4.17. The van der Waals surface area contributed by atoms with Crippen LogP contribution in [0.2, 0.25) is 0 Å². The van der Waals surface area contributed by atoms with Crippen LogP contribution in [0.15, 0.2) is 60.7 Å². The van der Waals surface area contributed by atoms with E-state index in [1.54, 1.807) is 0 Å². The first kappa shape index (κ1) is 14.3.